The monoisotopic (exact) mass is 900 g/mol. The Hall–Kier alpha value is -4.87. The van der Waals surface area contributed by atoms with E-state index >= 15 is 0 Å². The van der Waals surface area contributed by atoms with Crippen molar-refractivity contribution in [3.63, 3.8) is 0 Å². The van der Waals surface area contributed by atoms with E-state index in [2.05, 4.69) is 73.9 Å². The number of cyclic esters (lactones) is 2. The van der Waals surface area contributed by atoms with Crippen molar-refractivity contribution in [1.82, 2.24) is 0 Å². The first-order chi connectivity index (χ1) is 30.4. The Morgan fingerprint density at radius 1 is 0.656 bits per heavy atom. The number of benzene rings is 1. The Bertz CT molecular complexity index is 1730. The van der Waals surface area contributed by atoms with Crippen LogP contribution in [0.2, 0.25) is 0 Å². The Morgan fingerprint density at radius 3 is 1.59 bits per heavy atom. The number of aryl methyl sites for hydroxylation is 1. The zero-order valence-electron chi connectivity index (χ0n) is 38.4. The molecule has 5 aliphatic heterocycles. The summed E-state index contributed by atoms with van der Waals surface area (Å²) < 4.78 is 54.7. The summed E-state index contributed by atoms with van der Waals surface area (Å²) in [6.45, 7) is 30.5. The fraction of sp³-hybridized carbons (Fsp3) is 0.604. The lowest BCUT2D eigenvalue weighted by atomic mass is 9.84. The van der Waals surface area contributed by atoms with Gasteiger partial charge in [0.1, 0.15) is 38.6 Å². The van der Waals surface area contributed by atoms with Crippen molar-refractivity contribution in [2.75, 3.05) is 66.1 Å². The topological polar surface area (TPSA) is 197 Å². The molecular formula is C48H68O16. The van der Waals surface area contributed by atoms with Gasteiger partial charge < -0.3 is 52.1 Å². The zero-order valence-corrected chi connectivity index (χ0v) is 38.4. The van der Waals surface area contributed by atoms with Gasteiger partial charge in [0.2, 0.25) is 0 Å². The molecule has 6 unspecified atom stereocenters. The van der Waals surface area contributed by atoms with Crippen LogP contribution in [0.4, 0.5) is 4.79 Å². The van der Waals surface area contributed by atoms with E-state index in [-0.39, 0.29) is 42.6 Å². The summed E-state index contributed by atoms with van der Waals surface area (Å²) in [6, 6.07) is 8.58. The van der Waals surface area contributed by atoms with E-state index in [1.807, 2.05) is 0 Å². The van der Waals surface area contributed by atoms with Crippen LogP contribution < -0.4 is 0 Å². The largest absolute Gasteiger partial charge is 0.508 e. The first-order valence-corrected chi connectivity index (χ1v) is 21.7. The minimum absolute atomic E-state index is 0.0113. The van der Waals surface area contributed by atoms with Crippen LogP contribution in [-0.2, 0) is 84.3 Å². The average Bonchev–Trinajstić information content (AvgIpc) is 4.17. The van der Waals surface area contributed by atoms with Gasteiger partial charge in [-0.1, -0.05) is 64.4 Å². The highest BCUT2D eigenvalue weighted by molar-refractivity contribution is 5.88. The molecule has 1 aliphatic carbocycles. The summed E-state index contributed by atoms with van der Waals surface area (Å²) >= 11 is 0. The molecule has 1 saturated carbocycles. The maximum absolute atomic E-state index is 11.1. The van der Waals surface area contributed by atoms with Gasteiger partial charge in [0, 0.05) is 22.3 Å². The summed E-state index contributed by atoms with van der Waals surface area (Å²) in [5.41, 5.74) is 4.35. The standard InChI is InChI=1S/C12H16O2.C11H16O3.C10H16O3.C8H10O5.C7H10O3/c1-2-10-3-5-11(6-4-10)7-13-8-12-9-14-12;1-7(2)11(12)13-6-8-3-4-9-10(5-8)14-9;1-4-10(5-12-6-10)7-13-9(11)8(2)3;1-5(2)7(9)11-3-6-4-12-8(10)13-6;1-5(2)7(8)10-4-6-3-9-6/h3-6,12H,2,7-9H2,1H3;8-10H,1,3-6H2,2H3;2,4-7H2,1,3H3;6H,1,3-4H2,2H3;6H,1,3-4H2,2H3. The Labute approximate surface area is 377 Å². The van der Waals surface area contributed by atoms with Crippen LogP contribution in [-0.4, -0.2) is 127 Å². The number of rotatable bonds is 18. The van der Waals surface area contributed by atoms with Crippen LogP contribution in [0.5, 0.6) is 0 Å². The van der Waals surface area contributed by atoms with E-state index in [0.717, 1.165) is 45.3 Å². The van der Waals surface area contributed by atoms with E-state index in [4.69, 9.17) is 42.6 Å². The second kappa shape index (κ2) is 27.5. The summed E-state index contributed by atoms with van der Waals surface area (Å²) in [5.74, 6) is -0.927. The molecule has 5 heterocycles. The highest BCUT2D eigenvalue weighted by Crippen LogP contribution is 2.39. The second-order valence-corrected chi connectivity index (χ2v) is 16.6. The van der Waals surface area contributed by atoms with Crippen LogP contribution in [0.3, 0.4) is 0 Å². The number of carbonyl (C=O) groups is 5. The van der Waals surface area contributed by atoms with Crippen LogP contribution >= 0.6 is 0 Å². The molecule has 5 saturated heterocycles. The minimum Gasteiger partial charge on any atom is -0.462 e. The quantitative estimate of drug-likeness (QED) is 0.0668. The van der Waals surface area contributed by atoms with Gasteiger partial charge in [-0.2, -0.15) is 0 Å². The molecule has 0 N–H and O–H groups in total. The third kappa shape index (κ3) is 21.7. The summed E-state index contributed by atoms with van der Waals surface area (Å²) in [5, 5.41) is 0. The van der Waals surface area contributed by atoms with Crippen molar-refractivity contribution < 1.29 is 76.1 Å². The van der Waals surface area contributed by atoms with Crippen LogP contribution in [0, 0.1) is 11.3 Å². The highest BCUT2D eigenvalue weighted by Gasteiger charge is 2.44. The predicted molar refractivity (Wildman–Crippen MR) is 234 cm³/mol. The molecule has 0 aromatic heterocycles. The first-order valence-electron chi connectivity index (χ1n) is 21.7. The number of hydrogen-bond donors (Lipinski definition) is 0. The maximum atomic E-state index is 11.1. The molecule has 0 amide bonds. The summed E-state index contributed by atoms with van der Waals surface area (Å²) in [7, 11) is 0. The molecule has 1 aromatic rings. The van der Waals surface area contributed by atoms with Gasteiger partial charge in [-0.05, 0) is 76.8 Å². The van der Waals surface area contributed by atoms with Gasteiger partial charge in [-0.15, -0.1) is 0 Å². The first kappa shape index (κ1) is 53.5. The fourth-order valence-corrected chi connectivity index (χ4v) is 5.62. The van der Waals surface area contributed by atoms with Gasteiger partial charge in [0.15, 0.2) is 6.10 Å². The van der Waals surface area contributed by atoms with Gasteiger partial charge in [0.25, 0.3) is 0 Å². The van der Waals surface area contributed by atoms with Crippen LogP contribution in [0.25, 0.3) is 0 Å². The van der Waals surface area contributed by atoms with Crippen molar-refractivity contribution in [2.24, 2.45) is 11.3 Å². The van der Waals surface area contributed by atoms with E-state index in [9.17, 15) is 24.0 Å². The predicted octanol–water partition coefficient (Wildman–Crippen LogP) is 6.52. The van der Waals surface area contributed by atoms with Crippen molar-refractivity contribution in [1.29, 1.82) is 0 Å². The molecule has 356 valence electrons. The highest BCUT2D eigenvalue weighted by atomic mass is 16.8. The average molecular weight is 901 g/mol. The normalized spacial score (nSPS) is 23.2. The van der Waals surface area contributed by atoms with Gasteiger partial charge in [0.05, 0.1) is 63.9 Å². The Balaban J connectivity index is 0.000000214. The van der Waals surface area contributed by atoms with Crippen molar-refractivity contribution >= 4 is 30.0 Å². The van der Waals surface area contributed by atoms with Crippen molar-refractivity contribution in [3.8, 4) is 0 Å². The van der Waals surface area contributed by atoms with E-state index < -0.39 is 18.2 Å². The number of hydrogen-bond acceptors (Lipinski definition) is 16. The molecule has 16 heteroatoms. The third-order valence-corrected chi connectivity index (χ3v) is 10.3. The van der Waals surface area contributed by atoms with E-state index in [0.29, 0.717) is 92.8 Å². The summed E-state index contributed by atoms with van der Waals surface area (Å²) in [6.07, 6.45) is 5.63. The van der Waals surface area contributed by atoms with Crippen molar-refractivity contribution in [3.05, 3.63) is 84.0 Å². The molecule has 6 atom stereocenters. The van der Waals surface area contributed by atoms with E-state index in [1.54, 1.807) is 27.7 Å². The smallest absolute Gasteiger partial charge is 0.462 e. The molecule has 16 nitrogen and oxygen atoms in total. The Morgan fingerprint density at radius 2 is 1.16 bits per heavy atom. The third-order valence-electron chi connectivity index (χ3n) is 10.3. The zero-order chi connectivity index (χ0) is 47.2. The number of carbonyl (C=O) groups excluding carboxylic acids is 5. The van der Waals surface area contributed by atoms with E-state index in [1.165, 1.54) is 11.1 Å². The molecule has 1 aromatic carbocycles. The van der Waals surface area contributed by atoms with Crippen molar-refractivity contribution in [2.45, 2.75) is 111 Å². The van der Waals surface area contributed by atoms with Gasteiger partial charge >= 0.3 is 30.0 Å². The van der Waals surface area contributed by atoms with Crippen LogP contribution in [0.1, 0.15) is 78.4 Å². The molecule has 6 fully saturated rings. The Kier molecular flexibility index (Phi) is 22.9. The fourth-order valence-electron chi connectivity index (χ4n) is 5.62. The number of epoxide rings is 3. The molecule has 7 rings (SSSR count). The molecule has 6 aliphatic rings. The minimum atomic E-state index is -0.726. The molecule has 0 radical (unpaired) electrons. The lowest BCUT2D eigenvalue weighted by Crippen LogP contribution is -2.46. The van der Waals surface area contributed by atoms with Crippen LogP contribution in [0.15, 0.2) is 72.9 Å². The number of fused-ring (bicyclic) bond motifs is 1. The SMILES string of the molecule is C=C(C)C(=O)OCC1(CC)COC1.C=C(C)C(=O)OCC1CCC2OC2C1.C=C(C)C(=O)OCC1CO1.C=C(C)C(=O)OCC1COC(=O)O1.CCc1ccc(COCC2CO2)cc1. The van der Waals surface area contributed by atoms with Gasteiger partial charge in [-0.25, -0.2) is 24.0 Å². The summed E-state index contributed by atoms with van der Waals surface area (Å²) in [4.78, 5) is 54.2. The molecule has 64 heavy (non-hydrogen) atoms. The maximum Gasteiger partial charge on any atom is 0.508 e. The number of ether oxygens (including phenoxy) is 11. The van der Waals surface area contributed by atoms with Gasteiger partial charge in [-0.3, -0.25) is 0 Å². The molecule has 0 bridgehead atoms. The molecular weight excluding hydrogens is 833 g/mol. The molecule has 0 spiro atoms. The lowest BCUT2D eigenvalue weighted by Gasteiger charge is -2.39. The second-order valence-electron chi connectivity index (χ2n) is 16.6. The number of esters is 4. The lowest BCUT2D eigenvalue weighted by molar-refractivity contribution is -0.167.